The van der Waals surface area contributed by atoms with Gasteiger partial charge in [-0.3, -0.25) is 0 Å². The van der Waals surface area contributed by atoms with Crippen LogP contribution in [0.5, 0.6) is 0 Å². The van der Waals surface area contributed by atoms with E-state index in [0.717, 1.165) is 17.6 Å². The molecule has 0 saturated heterocycles. The zero-order valence-corrected chi connectivity index (χ0v) is 14.2. The summed E-state index contributed by atoms with van der Waals surface area (Å²) in [6, 6.07) is 24.6. The van der Waals surface area contributed by atoms with Gasteiger partial charge in [-0.2, -0.15) is 0 Å². The maximum absolute atomic E-state index is 5.78. The molecule has 4 aromatic rings. The smallest absolute Gasteiger partial charge is 0.166 e. The molecular formula is C21H19N5. The number of nitrogen functional groups attached to an aromatic ring is 1. The molecular weight excluding hydrogens is 322 g/mol. The number of nitrogens with zero attached hydrogens (tertiary/aromatic N) is 3. The molecule has 3 N–H and O–H groups in total. The van der Waals surface area contributed by atoms with Crippen LogP contribution < -0.4 is 11.1 Å². The lowest BCUT2D eigenvalue weighted by Crippen LogP contribution is -2.15. The van der Waals surface area contributed by atoms with Gasteiger partial charge in [0.05, 0.1) is 11.4 Å². The van der Waals surface area contributed by atoms with E-state index in [9.17, 15) is 0 Å². The Balaban J connectivity index is 1.71. The van der Waals surface area contributed by atoms with Gasteiger partial charge in [0, 0.05) is 0 Å². The van der Waals surface area contributed by atoms with Crippen LogP contribution in [-0.4, -0.2) is 15.0 Å². The molecule has 0 fully saturated rings. The van der Waals surface area contributed by atoms with Crippen LogP contribution in [0.2, 0.25) is 0 Å². The second-order valence-electron chi connectivity index (χ2n) is 6.13. The van der Waals surface area contributed by atoms with Crippen molar-refractivity contribution in [1.29, 1.82) is 0 Å². The lowest BCUT2D eigenvalue weighted by molar-refractivity contribution is 0.771. The van der Waals surface area contributed by atoms with Crippen molar-refractivity contribution in [1.82, 2.24) is 15.0 Å². The number of pyridine rings is 1. The third-order valence-corrected chi connectivity index (χ3v) is 4.31. The Morgan fingerprint density at radius 2 is 1.58 bits per heavy atom. The van der Waals surface area contributed by atoms with Crippen molar-refractivity contribution in [2.24, 2.45) is 0 Å². The van der Waals surface area contributed by atoms with Crippen molar-refractivity contribution < 1.29 is 0 Å². The molecule has 2 aromatic heterocycles. The summed E-state index contributed by atoms with van der Waals surface area (Å²) in [5, 5.41) is 4.43. The molecule has 4 rings (SSSR count). The highest BCUT2D eigenvalue weighted by Gasteiger charge is 2.15. The largest absolute Gasteiger partial charge is 0.384 e. The Hall–Kier alpha value is -3.47. The molecule has 128 valence electrons. The van der Waals surface area contributed by atoms with E-state index in [2.05, 4.69) is 68.8 Å². The van der Waals surface area contributed by atoms with Gasteiger partial charge in [-0.25, -0.2) is 15.0 Å². The Morgan fingerprint density at radius 1 is 0.846 bits per heavy atom. The van der Waals surface area contributed by atoms with Crippen LogP contribution in [0.4, 0.5) is 11.6 Å². The topological polar surface area (TPSA) is 76.7 Å². The number of benzene rings is 2. The van der Waals surface area contributed by atoms with Crippen molar-refractivity contribution in [2.75, 3.05) is 11.1 Å². The lowest BCUT2D eigenvalue weighted by Gasteiger charge is -2.21. The Bertz CT molecular complexity index is 1000. The number of fused-ring (bicyclic) bond motifs is 1. The first kappa shape index (κ1) is 16.0. The van der Waals surface area contributed by atoms with E-state index in [0.29, 0.717) is 11.5 Å². The van der Waals surface area contributed by atoms with Crippen LogP contribution in [0.15, 0.2) is 79.1 Å². The van der Waals surface area contributed by atoms with Crippen molar-refractivity contribution in [3.8, 4) is 0 Å². The summed E-state index contributed by atoms with van der Waals surface area (Å²) in [7, 11) is 0. The van der Waals surface area contributed by atoms with Gasteiger partial charge >= 0.3 is 0 Å². The molecule has 26 heavy (non-hydrogen) atoms. The van der Waals surface area contributed by atoms with Gasteiger partial charge in [-0.15, -0.1) is 0 Å². The normalized spacial score (nSPS) is 12.0. The molecule has 0 spiro atoms. The van der Waals surface area contributed by atoms with E-state index in [-0.39, 0.29) is 6.04 Å². The molecule has 0 aliphatic rings. The molecule has 0 aliphatic carbocycles. The molecule has 5 nitrogen and oxygen atoms in total. The lowest BCUT2D eigenvalue weighted by atomic mass is 9.99. The average Bonchev–Trinajstić information content (AvgIpc) is 2.69. The number of hydrogen-bond acceptors (Lipinski definition) is 5. The molecule has 2 aromatic carbocycles. The summed E-state index contributed by atoms with van der Waals surface area (Å²) >= 11 is 0. The highest BCUT2D eigenvalue weighted by Crippen LogP contribution is 2.26. The summed E-state index contributed by atoms with van der Waals surface area (Å²) in [6.45, 7) is 0. The predicted octanol–water partition coefficient (Wildman–Crippen LogP) is 4.00. The summed E-state index contributed by atoms with van der Waals surface area (Å²) in [4.78, 5) is 13.0. The second-order valence-corrected chi connectivity index (χ2v) is 6.13. The fourth-order valence-electron chi connectivity index (χ4n) is 3.02. The SMILES string of the molecule is Nc1ccc2c(NC(Cc3ccccc3)c3ccccc3)ncnc2n1. The van der Waals surface area contributed by atoms with Gasteiger partial charge in [-0.05, 0) is 29.7 Å². The van der Waals surface area contributed by atoms with Gasteiger partial charge in [0.1, 0.15) is 18.0 Å². The minimum Gasteiger partial charge on any atom is -0.384 e. The van der Waals surface area contributed by atoms with Gasteiger partial charge in [0.15, 0.2) is 5.65 Å². The second kappa shape index (κ2) is 7.19. The number of hydrogen-bond donors (Lipinski definition) is 2. The molecule has 2 heterocycles. The zero-order valence-electron chi connectivity index (χ0n) is 14.2. The number of anilines is 2. The molecule has 1 unspecified atom stereocenters. The van der Waals surface area contributed by atoms with Gasteiger partial charge in [0.2, 0.25) is 0 Å². The predicted molar refractivity (Wildman–Crippen MR) is 105 cm³/mol. The Kier molecular flexibility index (Phi) is 4.43. The Labute approximate surface area is 152 Å². The summed E-state index contributed by atoms with van der Waals surface area (Å²) in [5.41, 5.74) is 8.83. The van der Waals surface area contributed by atoms with Crippen LogP contribution in [-0.2, 0) is 6.42 Å². The molecule has 0 amide bonds. The van der Waals surface area contributed by atoms with Crippen molar-refractivity contribution in [3.63, 3.8) is 0 Å². The summed E-state index contributed by atoms with van der Waals surface area (Å²) in [6.07, 6.45) is 2.36. The van der Waals surface area contributed by atoms with Crippen LogP contribution in [0, 0.1) is 0 Å². The van der Waals surface area contributed by atoms with Gasteiger partial charge in [0.25, 0.3) is 0 Å². The third-order valence-electron chi connectivity index (χ3n) is 4.31. The molecule has 0 bridgehead atoms. The first-order valence-electron chi connectivity index (χ1n) is 8.52. The first-order valence-corrected chi connectivity index (χ1v) is 8.52. The molecule has 0 aliphatic heterocycles. The number of nitrogens with one attached hydrogen (secondary N) is 1. The molecule has 0 radical (unpaired) electrons. The summed E-state index contributed by atoms with van der Waals surface area (Å²) in [5.74, 6) is 1.21. The highest BCUT2D eigenvalue weighted by atomic mass is 15.1. The third kappa shape index (κ3) is 3.47. The monoisotopic (exact) mass is 341 g/mol. The quantitative estimate of drug-likeness (QED) is 0.574. The maximum Gasteiger partial charge on any atom is 0.166 e. The minimum absolute atomic E-state index is 0.0780. The van der Waals surface area contributed by atoms with Crippen molar-refractivity contribution >= 4 is 22.7 Å². The standard InChI is InChI=1S/C21H19N5/c22-19-12-11-17-20(23-14-24-21(17)26-19)25-18(16-9-5-2-6-10-16)13-15-7-3-1-4-8-15/h1-12,14,18H,13H2,(H3,22,23,24,25,26). The average molecular weight is 341 g/mol. The van der Waals surface area contributed by atoms with Crippen LogP contribution >= 0.6 is 0 Å². The van der Waals surface area contributed by atoms with Crippen molar-refractivity contribution in [3.05, 3.63) is 90.3 Å². The highest BCUT2D eigenvalue weighted by molar-refractivity contribution is 5.87. The van der Waals surface area contributed by atoms with Gasteiger partial charge < -0.3 is 11.1 Å². The van der Waals surface area contributed by atoms with Crippen LogP contribution in [0.25, 0.3) is 11.0 Å². The van der Waals surface area contributed by atoms with E-state index < -0.39 is 0 Å². The van der Waals surface area contributed by atoms with E-state index in [1.165, 1.54) is 17.5 Å². The fourth-order valence-corrected chi connectivity index (χ4v) is 3.02. The maximum atomic E-state index is 5.78. The van der Waals surface area contributed by atoms with E-state index in [1.807, 2.05) is 18.2 Å². The van der Waals surface area contributed by atoms with Crippen LogP contribution in [0.1, 0.15) is 17.2 Å². The summed E-state index contributed by atoms with van der Waals surface area (Å²) < 4.78 is 0. The van der Waals surface area contributed by atoms with E-state index >= 15 is 0 Å². The number of aromatic nitrogens is 3. The number of rotatable bonds is 5. The first-order chi connectivity index (χ1) is 12.8. The van der Waals surface area contributed by atoms with Crippen molar-refractivity contribution in [2.45, 2.75) is 12.5 Å². The van der Waals surface area contributed by atoms with Crippen LogP contribution in [0.3, 0.4) is 0 Å². The van der Waals surface area contributed by atoms with Gasteiger partial charge in [-0.1, -0.05) is 60.7 Å². The Morgan fingerprint density at radius 3 is 2.35 bits per heavy atom. The zero-order chi connectivity index (χ0) is 17.8. The molecule has 5 heteroatoms. The molecule has 1 atom stereocenters. The molecule has 0 saturated carbocycles. The van der Waals surface area contributed by atoms with E-state index in [1.54, 1.807) is 6.07 Å². The number of nitrogens with two attached hydrogens (primary N) is 1. The van der Waals surface area contributed by atoms with E-state index in [4.69, 9.17) is 5.73 Å². The minimum atomic E-state index is 0.0780. The fraction of sp³-hybridized carbons (Fsp3) is 0.0952.